The number of aliphatic hydroxyl groups excluding tert-OH is 1. The summed E-state index contributed by atoms with van der Waals surface area (Å²) in [5.41, 5.74) is 3.10. The van der Waals surface area contributed by atoms with E-state index in [4.69, 9.17) is 5.73 Å². The largest absolute Gasteiger partial charge is 0.506 e. The van der Waals surface area contributed by atoms with Gasteiger partial charge in [-0.25, -0.2) is 0 Å². The number of aliphatic hydroxyl groups is 2. The monoisotopic (exact) mass is 478 g/mol. The van der Waals surface area contributed by atoms with Crippen molar-refractivity contribution in [3.05, 3.63) is 47.7 Å². The predicted octanol–water partition coefficient (Wildman–Crippen LogP) is -0.0793. The standard InChI is InChI=1S/C25H22N2O8/c1-9-10-5-6-11(13-4-2-3-7-27-13)19(29)16(10)21(31)18-15(9)20(30)12-8-14(28)17(24(26)34)22(32)25(12,35)23(18)33/h2-7,9,12,15,17-18,20,29-30,35H,8H2,1H3,(H2,26,34)/t9-,12+,15+,17?,18?,20+,25+/m0/s1. The minimum atomic E-state index is -2.94. The van der Waals surface area contributed by atoms with E-state index in [-0.39, 0.29) is 11.1 Å². The van der Waals surface area contributed by atoms with Crippen LogP contribution in [0.25, 0.3) is 11.3 Å². The van der Waals surface area contributed by atoms with E-state index in [1.165, 1.54) is 6.20 Å². The second kappa shape index (κ2) is 7.62. The van der Waals surface area contributed by atoms with Gasteiger partial charge in [0, 0.05) is 30.0 Å². The summed E-state index contributed by atoms with van der Waals surface area (Å²) in [6, 6.07) is 8.20. The van der Waals surface area contributed by atoms with Crippen LogP contribution in [-0.4, -0.2) is 61.0 Å². The summed E-state index contributed by atoms with van der Waals surface area (Å²) in [4.78, 5) is 68.7. The molecule has 180 valence electrons. The lowest BCUT2D eigenvalue weighted by Gasteiger charge is -2.52. The van der Waals surface area contributed by atoms with Crippen molar-refractivity contribution in [2.24, 2.45) is 29.4 Å². The number of aromatic nitrogens is 1. The van der Waals surface area contributed by atoms with Gasteiger partial charge < -0.3 is 21.1 Å². The quantitative estimate of drug-likeness (QED) is 0.429. The molecule has 35 heavy (non-hydrogen) atoms. The fraction of sp³-hybridized carbons (Fsp3) is 0.360. The number of carbonyl (C=O) groups is 5. The first-order chi connectivity index (χ1) is 16.5. The van der Waals surface area contributed by atoms with Crippen molar-refractivity contribution in [1.29, 1.82) is 0 Å². The second-order valence-electron chi connectivity index (χ2n) is 9.45. The zero-order valence-electron chi connectivity index (χ0n) is 18.5. The Bertz CT molecular complexity index is 1320. The van der Waals surface area contributed by atoms with Crippen molar-refractivity contribution in [2.75, 3.05) is 0 Å². The van der Waals surface area contributed by atoms with Gasteiger partial charge in [-0.05, 0) is 29.7 Å². The highest BCUT2D eigenvalue weighted by atomic mass is 16.3. The Morgan fingerprint density at radius 1 is 1.11 bits per heavy atom. The molecule has 1 amide bonds. The summed E-state index contributed by atoms with van der Waals surface area (Å²) < 4.78 is 0. The number of ketones is 4. The highest BCUT2D eigenvalue weighted by molar-refractivity contribution is 6.31. The molecule has 2 fully saturated rings. The summed E-state index contributed by atoms with van der Waals surface area (Å²) in [6.45, 7) is 1.66. The maximum absolute atomic E-state index is 13.7. The number of nitrogens with zero attached hydrogens (tertiary/aromatic N) is 1. The van der Waals surface area contributed by atoms with Gasteiger partial charge in [-0.3, -0.25) is 29.0 Å². The van der Waals surface area contributed by atoms with E-state index in [0.717, 1.165) is 0 Å². The Kier molecular flexibility index (Phi) is 5.01. The van der Waals surface area contributed by atoms with Crippen molar-refractivity contribution < 1.29 is 39.3 Å². The number of phenolic OH excluding ortho intramolecular Hbond substituents is 1. The van der Waals surface area contributed by atoms with Crippen molar-refractivity contribution in [3.63, 3.8) is 0 Å². The lowest BCUT2D eigenvalue weighted by Crippen LogP contribution is -2.72. The molecule has 7 atom stereocenters. The lowest BCUT2D eigenvalue weighted by atomic mass is 9.50. The minimum absolute atomic E-state index is 0.157. The molecule has 3 aliphatic carbocycles. The number of hydrogen-bond acceptors (Lipinski definition) is 9. The van der Waals surface area contributed by atoms with Crippen LogP contribution in [0, 0.1) is 23.7 Å². The Morgan fingerprint density at radius 2 is 1.83 bits per heavy atom. The van der Waals surface area contributed by atoms with E-state index in [2.05, 4.69) is 4.98 Å². The maximum Gasteiger partial charge on any atom is 0.235 e. The smallest absolute Gasteiger partial charge is 0.235 e. The third kappa shape index (κ3) is 2.90. The van der Waals surface area contributed by atoms with E-state index in [0.29, 0.717) is 11.3 Å². The van der Waals surface area contributed by atoms with Crippen molar-refractivity contribution in [1.82, 2.24) is 4.98 Å². The molecule has 10 heteroatoms. The van der Waals surface area contributed by atoms with E-state index < -0.39 is 82.5 Å². The molecule has 1 heterocycles. The van der Waals surface area contributed by atoms with Crippen LogP contribution < -0.4 is 5.73 Å². The van der Waals surface area contributed by atoms with E-state index in [9.17, 15) is 39.3 Å². The summed E-state index contributed by atoms with van der Waals surface area (Å²) >= 11 is 0. The fourth-order valence-corrected chi connectivity index (χ4v) is 6.08. The number of Topliss-reactive ketones (excluding diaryl/α,β-unsaturated/α-hetero) is 4. The number of pyridine rings is 1. The summed E-state index contributed by atoms with van der Waals surface area (Å²) in [6.07, 6.45) is -0.700. The Hall–Kier alpha value is -3.76. The van der Waals surface area contributed by atoms with Gasteiger partial charge in [0.25, 0.3) is 0 Å². The van der Waals surface area contributed by atoms with Crippen LogP contribution >= 0.6 is 0 Å². The zero-order chi connectivity index (χ0) is 25.4. The first kappa shape index (κ1) is 23.0. The van der Waals surface area contributed by atoms with E-state index >= 15 is 0 Å². The molecule has 1 aromatic carbocycles. The highest BCUT2D eigenvalue weighted by Gasteiger charge is 2.69. The predicted molar refractivity (Wildman–Crippen MR) is 118 cm³/mol. The number of amides is 1. The molecule has 2 unspecified atom stereocenters. The molecule has 0 aliphatic heterocycles. The normalized spacial score (nSPS) is 34.1. The van der Waals surface area contributed by atoms with E-state index in [1.807, 2.05) is 0 Å². The van der Waals surface area contributed by atoms with Crippen LogP contribution in [0.4, 0.5) is 0 Å². The number of hydrogen-bond donors (Lipinski definition) is 4. The SMILES string of the molecule is C[C@H]1c2ccc(-c3ccccn3)c(O)c2C(=O)C2C(=O)[C@]3(O)C(=O)C(C(N)=O)C(=O)C[C@@H]3[C@@H](O)[C@@H]21. The van der Waals surface area contributed by atoms with Gasteiger partial charge in [0.2, 0.25) is 5.91 Å². The summed E-state index contributed by atoms with van der Waals surface area (Å²) in [7, 11) is 0. The van der Waals surface area contributed by atoms with Crippen LogP contribution in [0.5, 0.6) is 5.75 Å². The number of primary amides is 1. The Balaban J connectivity index is 1.67. The third-order valence-electron chi connectivity index (χ3n) is 7.80. The van der Waals surface area contributed by atoms with Gasteiger partial charge in [0.1, 0.15) is 5.75 Å². The molecule has 0 saturated heterocycles. The molecule has 2 aromatic rings. The van der Waals surface area contributed by atoms with Crippen LogP contribution in [0.15, 0.2) is 36.5 Å². The van der Waals surface area contributed by atoms with E-state index in [1.54, 1.807) is 37.3 Å². The van der Waals surface area contributed by atoms with Gasteiger partial charge in [-0.2, -0.15) is 0 Å². The number of phenols is 1. The highest BCUT2D eigenvalue weighted by Crippen LogP contribution is 2.54. The molecule has 2 saturated carbocycles. The average Bonchev–Trinajstić information content (AvgIpc) is 2.82. The van der Waals surface area contributed by atoms with Crippen LogP contribution in [0.3, 0.4) is 0 Å². The molecule has 3 aliphatic rings. The molecule has 0 bridgehead atoms. The molecule has 5 N–H and O–H groups in total. The Morgan fingerprint density at radius 3 is 2.46 bits per heavy atom. The molecule has 0 spiro atoms. The first-order valence-electron chi connectivity index (χ1n) is 11.1. The van der Waals surface area contributed by atoms with Crippen LogP contribution in [0.1, 0.15) is 35.2 Å². The van der Waals surface area contributed by atoms with Gasteiger partial charge >= 0.3 is 0 Å². The average molecular weight is 478 g/mol. The topological polar surface area (TPSA) is 185 Å². The second-order valence-corrected chi connectivity index (χ2v) is 9.45. The molecular formula is C25H22N2O8. The molecule has 1 aromatic heterocycles. The number of fused-ring (bicyclic) bond motifs is 3. The fourth-order valence-electron chi connectivity index (χ4n) is 6.08. The number of benzene rings is 1. The van der Waals surface area contributed by atoms with Crippen molar-refractivity contribution in [3.8, 4) is 17.0 Å². The summed E-state index contributed by atoms with van der Waals surface area (Å²) in [5.74, 6) is -13.1. The Labute approximate surface area is 198 Å². The molecule has 5 rings (SSSR count). The van der Waals surface area contributed by atoms with Crippen LogP contribution in [-0.2, 0) is 19.2 Å². The zero-order valence-corrected chi connectivity index (χ0v) is 18.5. The molecular weight excluding hydrogens is 456 g/mol. The van der Waals surface area contributed by atoms with Gasteiger partial charge in [-0.15, -0.1) is 0 Å². The number of rotatable bonds is 2. The molecule has 10 nitrogen and oxygen atoms in total. The first-order valence-corrected chi connectivity index (χ1v) is 11.1. The van der Waals surface area contributed by atoms with Gasteiger partial charge in [0.05, 0.1) is 23.3 Å². The van der Waals surface area contributed by atoms with Crippen molar-refractivity contribution in [2.45, 2.75) is 31.0 Å². The van der Waals surface area contributed by atoms with Crippen molar-refractivity contribution >= 4 is 29.0 Å². The molecule has 0 radical (unpaired) electrons. The number of carbonyl (C=O) groups excluding carboxylic acids is 5. The van der Waals surface area contributed by atoms with Gasteiger partial charge in [0.15, 0.2) is 34.7 Å². The lowest BCUT2D eigenvalue weighted by molar-refractivity contribution is -0.189. The van der Waals surface area contributed by atoms with Crippen LogP contribution in [0.2, 0.25) is 0 Å². The maximum atomic E-state index is 13.7. The minimum Gasteiger partial charge on any atom is -0.506 e. The van der Waals surface area contributed by atoms with Gasteiger partial charge in [-0.1, -0.05) is 19.1 Å². The number of nitrogens with two attached hydrogens (primary N) is 1. The number of aromatic hydroxyl groups is 1. The summed E-state index contributed by atoms with van der Waals surface area (Å²) in [5, 5.41) is 33.5. The third-order valence-corrected chi connectivity index (χ3v) is 7.80.